The van der Waals surface area contributed by atoms with E-state index in [4.69, 9.17) is 9.15 Å². The SMILES string of the molecule is Cc1ccccc1C(=O)N1C(C(=O)NCc2ccco2)COC12CCN(C(=O)Cc1cccs1)CC2. The van der Waals surface area contributed by atoms with Gasteiger partial charge < -0.3 is 19.4 Å². The molecule has 8 nitrogen and oxygen atoms in total. The monoisotopic (exact) mass is 507 g/mol. The maximum Gasteiger partial charge on any atom is 0.257 e. The molecule has 2 aliphatic heterocycles. The van der Waals surface area contributed by atoms with Gasteiger partial charge in [-0.2, -0.15) is 0 Å². The van der Waals surface area contributed by atoms with Crippen LogP contribution in [0, 0.1) is 6.92 Å². The van der Waals surface area contributed by atoms with Crippen LogP contribution in [0.5, 0.6) is 0 Å². The fourth-order valence-corrected chi connectivity index (χ4v) is 5.69. The molecule has 3 amide bonds. The summed E-state index contributed by atoms with van der Waals surface area (Å²) in [6.07, 6.45) is 2.82. The normalized spacial score (nSPS) is 19.0. The highest BCUT2D eigenvalue weighted by Crippen LogP contribution is 2.39. The van der Waals surface area contributed by atoms with Gasteiger partial charge in [-0.1, -0.05) is 24.3 Å². The zero-order valence-electron chi connectivity index (χ0n) is 20.1. The van der Waals surface area contributed by atoms with Gasteiger partial charge in [0.05, 0.1) is 25.8 Å². The molecule has 1 aromatic carbocycles. The summed E-state index contributed by atoms with van der Waals surface area (Å²) in [5, 5.41) is 4.85. The number of carbonyl (C=O) groups is 3. The third kappa shape index (κ3) is 4.81. The van der Waals surface area contributed by atoms with Gasteiger partial charge in [0.15, 0.2) is 0 Å². The number of hydrogen-bond donors (Lipinski definition) is 1. The van der Waals surface area contributed by atoms with Crippen LogP contribution in [0.4, 0.5) is 0 Å². The number of thiophene rings is 1. The lowest BCUT2D eigenvalue weighted by Gasteiger charge is -2.44. The zero-order chi connectivity index (χ0) is 25.1. The number of carbonyl (C=O) groups excluding carboxylic acids is 3. The second-order valence-corrected chi connectivity index (χ2v) is 10.2. The molecule has 1 N–H and O–H groups in total. The summed E-state index contributed by atoms with van der Waals surface area (Å²) in [5.41, 5.74) is 0.441. The Morgan fingerprint density at radius 3 is 2.58 bits per heavy atom. The average Bonchev–Trinajstić information content (AvgIpc) is 3.65. The molecule has 2 aliphatic rings. The van der Waals surface area contributed by atoms with Crippen molar-refractivity contribution in [1.29, 1.82) is 0 Å². The molecule has 5 rings (SSSR count). The Bertz CT molecular complexity index is 1220. The van der Waals surface area contributed by atoms with Crippen LogP contribution in [0.15, 0.2) is 64.6 Å². The molecule has 3 aromatic rings. The van der Waals surface area contributed by atoms with Crippen LogP contribution in [-0.4, -0.2) is 59.0 Å². The molecule has 1 atom stereocenters. The molecule has 188 valence electrons. The van der Waals surface area contributed by atoms with Gasteiger partial charge in [0, 0.05) is 36.4 Å². The highest BCUT2D eigenvalue weighted by molar-refractivity contribution is 7.10. The van der Waals surface area contributed by atoms with Crippen molar-refractivity contribution >= 4 is 29.1 Å². The summed E-state index contributed by atoms with van der Waals surface area (Å²) in [7, 11) is 0. The standard InChI is InChI=1S/C27H29N3O5S/c1-19-6-2-3-9-22(19)26(33)30-23(25(32)28-17-20-7-4-14-34-20)18-35-27(30)10-12-29(13-11-27)24(31)16-21-8-5-15-36-21/h2-9,14-15,23H,10-13,16-18H2,1H3,(H,28,32). The Balaban J connectivity index is 1.35. The fraction of sp³-hybridized carbons (Fsp3) is 0.370. The van der Waals surface area contributed by atoms with Gasteiger partial charge in [0.2, 0.25) is 11.8 Å². The second-order valence-electron chi connectivity index (χ2n) is 9.20. The molecule has 0 bridgehead atoms. The molecule has 2 saturated heterocycles. The van der Waals surface area contributed by atoms with E-state index in [2.05, 4.69) is 5.32 Å². The van der Waals surface area contributed by atoms with Gasteiger partial charge >= 0.3 is 0 Å². The Morgan fingerprint density at radius 1 is 1.08 bits per heavy atom. The van der Waals surface area contributed by atoms with Crippen molar-refractivity contribution in [3.05, 3.63) is 81.9 Å². The predicted octanol–water partition coefficient (Wildman–Crippen LogP) is 3.37. The van der Waals surface area contributed by atoms with E-state index in [1.54, 1.807) is 40.7 Å². The Kier molecular flexibility index (Phi) is 6.93. The number of furan rings is 1. The summed E-state index contributed by atoms with van der Waals surface area (Å²) in [6.45, 7) is 3.14. The largest absolute Gasteiger partial charge is 0.467 e. The van der Waals surface area contributed by atoms with Crippen LogP contribution in [0.25, 0.3) is 0 Å². The first-order valence-corrected chi connectivity index (χ1v) is 13.0. The van der Waals surface area contributed by atoms with Gasteiger partial charge in [-0.3, -0.25) is 19.3 Å². The Labute approximate surface area is 213 Å². The quantitative estimate of drug-likeness (QED) is 0.552. The summed E-state index contributed by atoms with van der Waals surface area (Å²) in [4.78, 5) is 44.5. The van der Waals surface area contributed by atoms with Crippen molar-refractivity contribution in [3.63, 3.8) is 0 Å². The number of aryl methyl sites for hydroxylation is 1. The van der Waals surface area contributed by atoms with Crippen LogP contribution in [-0.2, 0) is 27.3 Å². The van der Waals surface area contributed by atoms with Crippen LogP contribution in [0.2, 0.25) is 0 Å². The summed E-state index contributed by atoms with van der Waals surface area (Å²) in [5.74, 6) is 0.171. The van der Waals surface area contributed by atoms with E-state index in [9.17, 15) is 14.4 Å². The minimum Gasteiger partial charge on any atom is -0.467 e. The lowest BCUT2D eigenvalue weighted by Crippen LogP contribution is -2.60. The summed E-state index contributed by atoms with van der Waals surface area (Å²) >= 11 is 1.57. The van der Waals surface area contributed by atoms with E-state index in [0.717, 1.165) is 10.4 Å². The fourth-order valence-electron chi connectivity index (χ4n) is 4.99. The second kappa shape index (κ2) is 10.3. The van der Waals surface area contributed by atoms with Crippen molar-refractivity contribution in [2.75, 3.05) is 19.7 Å². The van der Waals surface area contributed by atoms with Crippen LogP contribution in [0.1, 0.15) is 39.4 Å². The predicted molar refractivity (Wildman–Crippen MR) is 134 cm³/mol. The topological polar surface area (TPSA) is 92.1 Å². The first-order valence-electron chi connectivity index (χ1n) is 12.1. The molecule has 4 heterocycles. The number of amides is 3. The Morgan fingerprint density at radius 2 is 1.89 bits per heavy atom. The van der Waals surface area contributed by atoms with E-state index >= 15 is 0 Å². The minimum atomic E-state index is -0.939. The van der Waals surface area contributed by atoms with Gasteiger partial charge in [-0.25, -0.2) is 0 Å². The molecule has 2 fully saturated rings. The van der Waals surface area contributed by atoms with E-state index in [-0.39, 0.29) is 30.9 Å². The molecule has 0 radical (unpaired) electrons. The molecule has 36 heavy (non-hydrogen) atoms. The first-order chi connectivity index (χ1) is 17.5. The average molecular weight is 508 g/mol. The number of hydrogen-bond acceptors (Lipinski definition) is 6. The summed E-state index contributed by atoms with van der Waals surface area (Å²) < 4.78 is 11.6. The molecular formula is C27H29N3O5S. The van der Waals surface area contributed by atoms with E-state index in [0.29, 0.717) is 43.7 Å². The minimum absolute atomic E-state index is 0.0646. The number of likely N-dealkylation sites (tertiary alicyclic amines) is 1. The highest BCUT2D eigenvalue weighted by Gasteiger charge is 2.54. The first kappa shape index (κ1) is 24.3. The maximum atomic E-state index is 13.9. The lowest BCUT2D eigenvalue weighted by molar-refractivity contribution is -0.143. The van der Waals surface area contributed by atoms with Crippen LogP contribution < -0.4 is 5.32 Å². The lowest BCUT2D eigenvalue weighted by atomic mass is 9.95. The molecule has 0 aliphatic carbocycles. The molecule has 1 unspecified atom stereocenters. The van der Waals surface area contributed by atoms with Gasteiger partial charge in [0.25, 0.3) is 5.91 Å². The van der Waals surface area contributed by atoms with E-state index in [1.165, 1.54) is 0 Å². The van der Waals surface area contributed by atoms with E-state index < -0.39 is 11.8 Å². The van der Waals surface area contributed by atoms with Crippen molar-refractivity contribution in [3.8, 4) is 0 Å². The zero-order valence-corrected chi connectivity index (χ0v) is 21.0. The van der Waals surface area contributed by atoms with Crippen molar-refractivity contribution in [2.45, 2.75) is 44.5 Å². The number of ether oxygens (including phenoxy) is 1. The number of nitrogens with zero attached hydrogens (tertiary/aromatic N) is 2. The Hall–Kier alpha value is -3.43. The number of benzene rings is 1. The van der Waals surface area contributed by atoms with Gasteiger partial charge in [-0.05, 0) is 42.1 Å². The number of piperidine rings is 1. The van der Waals surface area contributed by atoms with Gasteiger partial charge in [0.1, 0.15) is 17.5 Å². The van der Waals surface area contributed by atoms with Crippen molar-refractivity contribution < 1.29 is 23.5 Å². The van der Waals surface area contributed by atoms with Crippen LogP contribution >= 0.6 is 11.3 Å². The molecule has 9 heteroatoms. The molecular weight excluding hydrogens is 478 g/mol. The number of nitrogens with one attached hydrogen (secondary N) is 1. The molecule has 2 aromatic heterocycles. The molecule has 0 saturated carbocycles. The smallest absolute Gasteiger partial charge is 0.257 e. The van der Waals surface area contributed by atoms with Gasteiger partial charge in [-0.15, -0.1) is 11.3 Å². The maximum absolute atomic E-state index is 13.9. The van der Waals surface area contributed by atoms with E-state index in [1.807, 2.05) is 47.5 Å². The summed E-state index contributed by atoms with van der Waals surface area (Å²) in [6, 6.07) is 14.0. The molecule has 1 spiro atoms. The number of rotatable bonds is 6. The van der Waals surface area contributed by atoms with Crippen molar-refractivity contribution in [2.24, 2.45) is 0 Å². The van der Waals surface area contributed by atoms with Crippen LogP contribution in [0.3, 0.4) is 0 Å². The third-order valence-electron chi connectivity index (χ3n) is 6.98. The highest BCUT2D eigenvalue weighted by atomic mass is 32.1. The van der Waals surface area contributed by atoms with Crippen molar-refractivity contribution in [1.82, 2.24) is 15.1 Å². The third-order valence-corrected chi connectivity index (χ3v) is 7.85.